The molecule has 4 heteroatoms. The van der Waals surface area contributed by atoms with E-state index in [4.69, 9.17) is 0 Å². The monoisotopic (exact) mass is 308 g/mol. The summed E-state index contributed by atoms with van der Waals surface area (Å²) in [6, 6.07) is 7.39. The smallest absolute Gasteiger partial charge is 0.224 e. The van der Waals surface area contributed by atoms with Crippen LogP contribution >= 0.6 is 12.4 Å². The van der Waals surface area contributed by atoms with Crippen molar-refractivity contribution in [3.8, 4) is 0 Å². The van der Waals surface area contributed by atoms with Crippen molar-refractivity contribution in [3.63, 3.8) is 0 Å². The predicted molar refractivity (Wildman–Crippen MR) is 89.1 cm³/mol. The Morgan fingerprint density at radius 1 is 1.24 bits per heavy atom. The molecule has 2 aliphatic heterocycles. The Kier molecular flexibility index (Phi) is 5.28. The van der Waals surface area contributed by atoms with Crippen LogP contribution in [0, 0.1) is 19.8 Å². The summed E-state index contributed by atoms with van der Waals surface area (Å²) in [5, 5.41) is 6.72. The van der Waals surface area contributed by atoms with Crippen LogP contribution in [0.1, 0.15) is 43.2 Å². The number of amides is 1. The number of anilines is 1. The highest BCUT2D eigenvalue weighted by molar-refractivity contribution is 5.91. The standard InChI is InChI=1S/C17H24N2O.ClH/c1-11-4-3-5-16(12(11)2)19-17(20)10-13-8-14-6-7-15(9-13)18-14;/h3-5,13-15,18H,6-10H2,1-2H3,(H,19,20);1H. The maximum atomic E-state index is 12.2. The fourth-order valence-electron chi connectivity index (χ4n) is 3.69. The van der Waals surface area contributed by atoms with Gasteiger partial charge in [-0.3, -0.25) is 4.79 Å². The van der Waals surface area contributed by atoms with Crippen molar-refractivity contribution in [1.29, 1.82) is 0 Å². The van der Waals surface area contributed by atoms with Gasteiger partial charge in [0.25, 0.3) is 0 Å². The first-order chi connectivity index (χ1) is 9.61. The molecule has 2 fully saturated rings. The van der Waals surface area contributed by atoms with Crippen LogP contribution in [0.2, 0.25) is 0 Å². The van der Waals surface area contributed by atoms with E-state index >= 15 is 0 Å². The largest absolute Gasteiger partial charge is 0.326 e. The Hall–Kier alpha value is -1.06. The topological polar surface area (TPSA) is 41.1 Å². The van der Waals surface area contributed by atoms with Gasteiger partial charge >= 0.3 is 0 Å². The van der Waals surface area contributed by atoms with Crippen molar-refractivity contribution in [1.82, 2.24) is 5.32 Å². The molecule has 1 aromatic rings. The Morgan fingerprint density at radius 3 is 2.57 bits per heavy atom. The molecule has 2 aliphatic rings. The molecular weight excluding hydrogens is 284 g/mol. The van der Waals surface area contributed by atoms with Crippen molar-refractivity contribution in [2.45, 2.75) is 58.0 Å². The third-order valence-corrected chi connectivity index (χ3v) is 4.92. The molecule has 1 aromatic carbocycles. The number of nitrogens with one attached hydrogen (secondary N) is 2. The molecule has 2 N–H and O–H groups in total. The minimum atomic E-state index is 0. The molecule has 2 saturated heterocycles. The van der Waals surface area contributed by atoms with E-state index < -0.39 is 0 Å². The second kappa shape index (κ2) is 6.80. The van der Waals surface area contributed by atoms with Gasteiger partial charge in [0, 0.05) is 24.2 Å². The number of benzene rings is 1. The summed E-state index contributed by atoms with van der Waals surface area (Å²) >= 11 is 0. The number of piperidine rings is 1. The van der Waals surface area contributed by atoms with Crippen LogP contribution in [0.25, 0.3) is 0 Å². The SMILES string of the molecule is Cc1cccc(NC(=O)CC2CC3CCC(C2)N3)c1C.Cl. The number of hydrogen-bond donors (Lipinski definition) is 2. The molecule has 2 unspecified atom stereocenters. The van der Waals surface area contributed by atoms with E-state index in [9.17, 15) is 4.79 Å². The number of halogens is 1. The van der Waals surface area contributed by atoms with Crippen molar-refractivity contribution in [2.24, 2.45) is 5.92 Å². The fraction of sp³-hybridized carbons (Fsp3) is 0.588. The minimum Gasteiger partial charge on any atom is -0.326 e. The number of hydrogen-bond acceptors (Lipinski definition) is 2. The average molecular weight is 309 g/mol. The summed E-state index contributed by atoms with van der Waals surface area (Å²) in [6.07, 6.45) is 5.58. The zero-order chi connectivity index (χ0) is 14.1. The second-order valence-electron chi connectivity index (χ2n) is 6.48. The maximum absolute atomic E-state index is 12.2. The zero-order valence-electron chi connectivity index (χ0n) is 12.8. The van der Waals surface area contributed by atoms with Gasteiger partial charge in [0.15, 0.2) is 0 Å². The molecule has 0 radical (unpaired) electrons. The normalized spacial score (nSPS) is 27.0. The number of carbonyl (C=O) groups excluding carboxylic acids is 1. The Morgan fingerprint density at radius 2 is 1.90 bits per heavy atom. The number of fused-ring (bicyclic) bond motifs is 2. The summed E-state index contributed by atoms with van der Waals surface area (Å²) in [4.78, 5) is 12.2. The van der Waals surface area contributed by atoms with Gasteiger partial charge in [0.1, 0.15) is 0 Å². The first-order valence-electron chi connectivity index (χ1n) is 7.74. The lowest BCUT2D eigenvalue weighted by atomic mass is 9.89. The summed E-state index contributed by atoms with van der Waals surface area (Å²) in [5.74, 6) is 0.726. The van der Waals surface area contributed by atoms with E-state index in [2.05, 4.69) is 30.5 Å². The molecule has 21 heavy (non-hydrogen) atoms. The van der Waals surface area contributed by atoms with Crippen molar-refractivity contribution in [3.05, 3.63) is 29.3 Å². The van der Waals surface area contributed by atoms with Crippen LogP contribution in [0.4, 0.5) is 5.69 Å². The van der Waals surface area contributed by atoms with E-state index in [1.807, 2.05) is 12.1 Å². The number of aryl methyl sites for hydroxylation is 1. The lowest BCUT2D eigenvalue weighted by Gasteiger charge is -2.28. The molecular formula is C17H25ClN2O. The Bertz CT molecular complexity index is 506. The third kappa shape index (κ3) is 3.78. The van der Waals surface area contributed by atoms with Crippen LogP contribution in [0.3, 0.4) is 0 Å². The van der Waals surface area contributed by atoms with Gasteiger partial charge in [-0.05, 0) is 62.6 Å². The number of carbonyl (C=O) groups is 1. The quantitative estimate of drug-likeness (QED) is 0.896. The van der Waals surface area contributed by atoms with E-state index in [-0.39, 0.29) is 18.3 Å². The summed E-state index contributed by atoms with van der Waals surface area (Å²) < 4.78 is 0. The molecule has 2 heterocycles. The van der Waals surface area contributed by atoms with Crippen molar-refractivity contribution < 1.29 is 4.79 Å². The average Bonchev–Trinajstić information content (AvgIpc) is 2.74. The van der Waals surface area contributed by atoms with Crippen LogP contribution in [-0.2, 0) is 4.79 Å². The Balaban J connectivity index is 0.00000161. The third-order valence-electron chi connectivity index (χ3n) is 4.92. The van der Waals surface area contributed by atoms with Gasteiger partial charge in [-0.2, -0.15) is 0 Å². The first kappa shape index (κ1) is 16.3. The highest BCUT2D eigenvalue weighted by Crippen LogP contribution is 2.33. The van der Waals surface area contributed by atoms with Crippen LogP contribution < -0.4 is 10.6 Å². The molecule has 1 amide bonds. The molecule has 0 spiro atoms. The zero-order valence-corrected chi connectivity index (χ0v) is 13.6. The molecule has 0 aliphatic carbocycles. The predicted octanol–water partition coefficient (Wildman–Crippen LogP) is 3.58. The van der Waals surface area contributed by atoms with Gasteiger partial charge in [0.05, 0.1) is 0 Å². The summed E-state index contributed by atoms with van der Waals surface area (Å²) in [5.41, 5.74) is 3.36. The number of rotatable bonds is 3. The molecule has 116 valence electrons. The fourth-order valence-corrected chi connectivity index (χ4v) is 3.69. The molecule has 2 bridgehead atoms. The van der Waals surface area contributed by atoms with Gasteiger partial charge < -0.3 is 10.6 Å². The first-order valence-corrected chi connectivity index (χ1v) is 7.74. The highest BCUT2D eigenvalue weighted by Gasteiger charge is 2.34. The van der Waals surface area contributed by atoms with E-state index in [0.717, 1.165) is 18.5 Å². The van der Waals surface area contributed by atoms with Gasteiger partial charge in [-0.1, -0.05) is 12.1 Å². The molecule has 0 saturated carbocycles. The molecule has 3 rings (SSSR count). The summed E-state index contributed by atoms with van der Waals surface area (Å²) in [6.45, 7) is 4.14. The van der Waals surface area contributed by atoms with Gasteiger partial charge in [-0.15, -0.1) is 12.4 Å². The maximum Gasteiger partial charge on any atom is 0.224 e. The lowest BCUT2D eigenvalue weighted by Crippen LogP contribution is -2.39. The molecule has 2 atom stereocenters. The molecule has 0 aromatic heterocycles. The van der Waals surface area contributed by atoms with E-state index in [1.54, 1.807) is 0 Å². The second-order valence-corrected chi connectivity index (χ2v) is 6.48. The van der Waals surface area contributed by atoms with E-state index in [0.29, 0.717) is 24.4 Å². The van der Waals surface area contributed by atoms with E-state index in [1.165, 1.54) is 24.0 Å². The highest BCUT2D eigenvalue weighted by atomic mass is 35.5. The van der Waals surface area contributed by atoms with Crippen LogP contribution in [-0.4, -0.2) is 18.0 Å². The van der Waals surface area contributed by atoms with Gasteiger partial charge in [0.2, 0.25) is 5.91 Å². The molecule has 3 nitrogen and oxygen atoms in total. The minimum absolute atomic E-state index is 0. The van der Waals surface area contributed by atoms with Crippen LogP contribution in [0.15, 0.2) is 18.2 Å². The van der Waals surface area contributed by atoms with Crippen molar-refractivity contribution >= 4 is 24.0 Å². The lowest BCUT2D eigenvalue weighted by molar-refractivity contribution is -0.117. The van der Waals surface area contributed by atoms with Crippen LogP contribution in [0.5, 0.6) is 0 Å². The summed E-state index contributed by atoms with van der Waals surface area (Å²) in [7, 11) is 0. The van der Waals surface area contributed by atoms with Gasteiger partial charge in [-0.25, -0.2) is 0 Å². The van der Waals surface area contributed by atoms with Crippen molar-refractivity contribution in [2.75, 3.05) is 5.32 Å². The Labute approximate surface area is 133 Å².